The third-order valence-electron chi connectivity index (χ3n) is 4.21. The lowest BCUT2D eigenvalue weighted by Gasteiger charge is -2.37. The molecule has 104 valence electrons. The molecule has 0 atom stereocenters. The van der Waals surface area contributed by atoms with E-state index in [0.29, 0.717) is 0 Å². The maximum Gasteiger partial charge on any atom is 0.127 e. The first-order valence-electron chi connectivity index (χ1n) is 7.16. The lowest BCUT2D eigenvalue weighted by atomic mass is 9.91. The lowest BCUT2D eigenvalue weighted by Crippen LogP contribution is -2.42. The zero-order valence-electron chi connectivity index (χ0n) is 11.2. The monoisotopic (exact) mass is 324 g/mol. The number of fused-ring (bicyclic) bond motifs is 1. The first-order valence-corrected chi connectivity index (χ1v) is 7.95. The highest BCUT2D eigenvalue weighted by Gasteiger charge is 2.26. The third-order valence-corrected chi connectivity index (χ3v) is 4.66. The lowest BCUT2D eigenvalue weighted by molar-refractivity contribution is 0.122. The summed E-state index contributed by atoms with van der Waals surface area (Å²) in [6.07, 6.45) is 5.02. The van der Waals surface area contributed by atoms with Crippen molar-refractivity contribution in [1.29, 1.82) is 0 Å². The number of nitrogens with two attached hydrogens (primary N) is 1. The van der Waals surface area contributed by atoms with Gasteiger partial charge < -0.3 is 10.5 Å². The second kappa shape index (κ2) is 5.81. The Hall–Kier alpha value is -0.580. The molecule has 0 saturated heterocycles. The largest absolute Gasteiger partial charge is 0.493 e. The van der Waals surface area contributed by atoms with E-state index in [4.69, 9.17) is 10.5 Å². The van der Waals surface area contributed by atoms with Crippen LogP contribution in [0.15, 0.2) is 16.6 Å². The van der Waals surface area contributed by atoms with Gasteiger partial charge in [-0.05, 0) is 30.5 Å². The van der Waals surface area contributed by atoms with Crippen LogP contribution in [-0.2, 0) is 13.0 Å². The Bertz CT molecular complexity index is 460. The number of halogens is 1. The van der Waals surface area contributed by atoms with Crippen molar-refractivity contribution in [2.75, 3.05) is 19.7 Å². The third kappa shape index (κ3) is 2.81. The Kier molecular flexibility index (Phi) is 4.10. The van der Waals surface area contributed by atoms with Crippen LogP contribution in [0, 0.1) is 0 Å². The summed E-state index contributed by atoms with van der Waals surface area (Å²) >= 11 is 3.61. The molecule has 0 radical (unpaired) electrons. The summed E-state index contributed by atoms with van der Waals surface area (Å²) in [4.78, 5) is 2.52. The van der Waals surface area contributed by atoms with Gasteiger partial charge in [-0.3, -0.25) is 4.90 Å². The van der Waals surface area contributed by atoms with E-state index in [-0.39, 0.29) is 0 Å². The molecule has 0 amide bonds. The number of hydrogen-bond acceptors (Lipinski definition) is 3. The van der Waals surface area contributed by atoms with Crippen LogP contribution < -0.4 is 10.5 Å². The highest BCUT2D eigenvalue weighted by molar-refractivity contribution is 9.10. The Morgan fingerprint density at radius 1 is 1.37 bits per heavy atom. The maximum atomic E-state index is 5.82. The zero-order chi connectivity index (χ0) is 13.2. The maximum absolute atomic E-state index is 5.82. The Labute approximate surface area is 123 Å². The number of hydrogen-bond donors (Lipinski definition) is 1. The standard InChI is InChI=1S/C15H21BrN2O/c16-13-8-11-4-7-19-15(11)12(9-13)10-18(6-5-17)14-2-1-3-14/h8-9,14H,1-7,10,17H2. The van der Waals surface area contributed by atoms with Crippen LogP contribution in [0.1, 0.15) is 30.4 Å². The molecular formula is C15H21BrN2O. The van der Waals surface area contributed by atoms with E-state index in [2.05, 4.69) is 33.0 Å². The second-order valence-corrected chi connectivity index (χ2v) is 6.41. The number of rotatable bonds is 5. The van der Waals surface area contributed by atoms with Crippen LogP contribution in [0.4, 0.5) is 0 Å². The Balaban J connectivity index is 1.81. The molecule has 0 spiro atoms. The molecule has 3 nitrogen and oxygen atoms in total. The summed E-state index contributed by atoms with van der Waals surface area (Å²) < 4.78 is 6.98. The molecule has 0 unspecified atom stereocenters. The minimum absolute atomic E-state index is 0.722. The molecule has 1 aliphatic carbocycles. The van der Waals surface area contributed by atoms with Gasteiger partial charge in [0.15, 0.2) is 0 Å². The van der Waals surface area contributed by atoms with Crippen LogP contribution >= 0.6 is 15.9 Å². The molecule has 4 heteroatoms. The van der Waals surface area contributed by atoms with Gasteiger partial charge in [-0.2, -0.15) is 0 Å². The van der Waals surface area contributed by atoms with Gasteiger partial charge in [-0.25, -0.2) is 0 Å². The van der Waals surface area contributed by atoms with Crippen LogP contribution in [-0.4, -0.2) is 30.6 Å². The number of benzene rings is 1. The summed E-state index contributed by atoms with van der Waals surface area (Å²) in [5.74, 6) is 1.12. The van der Waals surface area contributed by atoms with Crippen LogP contribution in [0.3, 0.4) is 0 Å². The SMILES string of the molecule is NCCN(Cc1cc(Br)cc2c1OCC2)C1CCC1. The average molecular weight is 325 g/mol. The number of nitrogens with zero attached hydrogens (tertiary/aromatic N) is 1. The van der Waals surface area contributed by atoms with Gasteiger partial charge in [0, 0.05) is 42.1 Å². The van der Waals surface area contributed by atoms with E-state index < -0.39 is 0 Å². The first kappa shape index (κ1) is 13.4. The van der Waals surface area contributed by atoms with Crippen molar-refractivity contribution in [3.8, 4) is 5.75 Å². The van der Waals surface area contributed by atoms with Gasteiger partial charge in [0.05, 0.1) is 6.61 Å². The topological polar surface area (TPSA) is 38.5 Å². The molecule has 1 saturated carbocycles. The molecule has 1 aliphatic heterocycles. The molecule has 3 rings (SSSR count). The predicted molar refractivity (Wildman–Crippen MR) is 80.4 cm³/mol. The fourth-order valence-electron chi connectivity index (χ4n) is 2.99. The van der Waals surface area contributed by atoms with E-state index in [1.807, 2.05) is 0 Å². The number of ether oxygens (including phenoxy) is 1. The van der Waals surface area contributed by atoms with Gasteiger partial charge in [-0.1, -0.05) is 22.4 Å². The normalized spacial score (nSPS) is 18.3. The van der Waals surface area contributed by atoms with E-state index in [9.17, 15) is 0 Å². The van der Waals surface area contributed by atoms with Gasteiger partial charge in [0.2, 0.25) is 0 Å². The van der Waals surface area contributed by atoms with E-state index >= 15 is 0 Å². The van der Waals surface area contributed by atoms with Gasteiger partial charge >= 0.3 is 0 Å². The summed E-state index contributed by atoms with van der Waals surface area (Å²) in [7, 11) is 0. The summed E-state index contributed by atoms with van der Waals surface area (Å²) in [5, 5.41) is 0. The summed E-state index contributed by atoms with van der Waals surface area (Å²) in [5.41, 5.74) is 8.41. The van der Waals surface area contributed by atoms with Crippen molar-refractivity contribution in [3.63, 3.8) is 0 Å². The van der Waals surface area contributed by atoms with E-state index in [0.717, 1.165) is 48.9 Å². The molecule has 0 bridgehead atoms. The zero-order valence-corrected chi connectivity index (χ0v) is 12.8. The predicted octanol–water partition coefficient (Wildman–Crippen LogP) is 2.70. The smallest absolute Gasteiger partial charge is 0.127 e. The molecular weight excluding hydrogens is 304 g/mol. The van der Waals surface area contributed by atoms with Crippen molar-refractivity contribution in [1.82, 2.24) is 4.90 Å². The van der Waals surface area contributed by atoms with Gasteiger partial charge in [-0.15, -0.1) is 0 Å². The van der Waals surface area contributed by atoms with E-state index in [1.165, 1.54) is 30.4 Å². The quantitative estimate of drug-likeness (QED) is 0.905. The molecule has 1 aromatic rings. The van der Waals surface area contributed by atoms with Crippen LogP contribution in [0.25, 0.3) is 0 Å². The molecule has 2 N–H and O–H groups in total. The average Bonchev–Trinajstić information content (AvgIpc) is 2.74. The molecule has 0 aromatic heterocycles. The minimum Gasteiger partial charge on any atom is -0.493 e. The molecule has 2 aliphatic rings. The first-order chi connectivity index (χ1) is 9.28. The van der Waals surface area contributed by atoms with Crippen LogP contribution in [0.2, 0.25) is 0 Å². The van der Waals surface area contributed by atoms with Crippen molar-refractivity contribution in [2.45, 2.75) is 38.3 Å². The van der Waals surface area contributed by atoms with Gasteiger partial charge in [0.25, 0.3) is 0 Å². The van der Waals surface area contributed by atoms with Gasteiger partial charge in [0.1, 0.15) is 5.75 Å². The fourth-order valence-corrected chi connectivity index (χ4v) is 3.54. The summed E-state index contributed by atoms with van der Waals surface area (Å²) in [6, 6.07) is 5.11. The van der Waals surface area contributed by atoms with Crippen molar-refractivity contribution >= 4 is 15.9 Å². The Morgan fingerprint density at radius 2 is 2.21 bits per heavy atom. The molecule has 1 heterocycles. The molecule has 1 aromatic carbocycles. The van der Waals surface area contributed by atoms with Crippen LogP contribution in [0.5, 0.6) is 5.75 Å². The molecule has 1 fully saturated rings. The van der Waals surface area contributed by atoms with E-state index in [1.54, 1.807) is 0 Å². The van der Waals surface area contributed by atoms with Crippen molar-refractivity contribution < 1.29 is 4.74 Å². The highest BCUT2D eigenvalue weighted by atomic mass is 79.9. The molecule has 19 heavy (non-hydrogen) atoms. The van der Waals surface area contributed by atoms with Crippen molar-refractivity contribution in [3.05, 3.63) is 27.7 Å². The Morgan fingerprint density at radius 3 is 2.89 bits per heavy atom. The fraction of sp³-hybridized carbons (Fsp3) is 0.600. The second-order valence-electron chi connectivity index (χ2n) is 5.50. The van der Waals surface area contributed by atoms with Crippen molar-refractivity contribution in [2.24, 2.45) is 5.73 Å². The summed E-state index contributed by atoms with van der Waals surface area (Å²) in [6.45, 7) is 3.49. The minimum atomic E-state index is 0.722. The highest BCUT2D eigenvalue weighted by Crippen LogP contribution is 2.35.